The second kappa shape index (κ2) is 4.93. The highest BCUT2D eigenvalue weighted by Crippen LogP contribution is 2.37. The van der Waals surface area contributed by atoms with E-state index in [4.69, 9.17) is 14.6 Å². The lowest BCUT2D eigenvalue weighted by atomic mass is 10.1. The zero-order chi connectivity index (χ0) is 13.2. The first kappa shape index (κ1) is 12.0. The molecule has 0 spiro atoms. The van der Waals surface area contributed by atoms with Crippen molar-refractivity contribution in [3.8, 4) is 22.8 Å². The van der Waals surface area contributed by atoms with Gasteiger partial charge in [-0.2, -0.15) is 0 Å². The van der Waals surface area contributed by atoms with Crippen molar-refractivity contribution in [3.63, 3.8) is 0 Å². The Kier molecular flexibility index (Phi) is 3.13. The van der Waals surface area contributed by atoms with Gasteiger partial charge in [-0.1, -0.05) is 0 Å². The Morgan fingerprint density at radius 3 is 2.89 bits per heavy atom. The van der Waals surface area contributed by atoms with Crippen LogP contribution in [0, 0.1) is 6.92 Å². The Morgan fingerprint density at radius 1 is 1.32 bits per heavy atom. The molecule has 0 saturated carbocycles. The van der Waals surface area contributed by atoms with Crippen molar-refractivity contribution in [2.24, 2.45) is 0 Å². The van der Waals surface area contributed by atoms with Gasteiger partial charge < -0.3 is 19.6 Å². The third-order valence-corrected chi connectivity index (χ3v) is 3.21. The van der Waals surface area contributed by atoms with Crippen molar-refractivity contribution in [1.82, 2.24) is 9.97 Å². The van der Waals surface area contributed by atoms with Crippen LogP contribution in [-0.2, 0) is 6.42 Å². The molecule has 0 radical (unpaired) electrons. The highest BCUT2D eigenvalue weighted by Gasteiger charge is 2.17. The van der Waals surface area contributed by atoms with Crippen LogP contribution in [0.5, 0.6) is 11.5 Å². The lowest BCUT2D eigenvalue weighted by Gasteiger charge is -2.05. The van der Waals surface area contributed by atoms with Crippen molar-refractivity contribution in [2.45, 2.75) is 19.8 Å². The summed E-state index contributed by atoms with van der Waals surface area (Å²) in [6.45, 7) is 2.49. The summed E-state index contributed by atoms with van der Waals surface area (Å²) in [4.78, 5) is 7.60. The van der Waals surface area contributed by atoms with Gasteiger partial charge in [0.1, 0.15) is 5.82 Å². The summed E-state index contributed by atoms with van der Waals surface area (Å²) in [6.07, 6.45) is 3.28. The quantitative estimate of drug-likeness (QED) is 0.882. The normalized spacial score (nSPS) is 12.9. The van der Waals surface area contributed by atoms with Crippen LogP contribution in [0.3, 0.4) is 0 Å². The standard InChI is InChI=1S/C14H16N2O3/c1-9-5-12-13(19-8-18-12)6-10(9)11-7-15-14(16-11)3-2-4-17/h5-7,17H,2-4,8H2,1H3,(H,15,16). The van der Waals surface area contributed by atoms with Gasteiger partial charge in [-0.25, -0.2) is 4.98 Å². The Bertz CT molecular complexity index is 592. The number of benzene rings is 1. The molecule has 3 rings (SSSR count). The topological polar surface area (TPSA) is 67.4 Å². The largest absolute Gasteiger partial charge is 0.454 e. The first-order valence-electron chi connectivity index (χ1n) is 6.33. The molecule has 0 fully saturated rings. The Labute approximate surface area is 111 Å². The smallest absolute Gasteiger partial charge is 0.231 e. The third kappa shape index (κ3) is 2.29. The summed E-state index contributed by atoms with van der Waals surface area (Å²) >= 11 is 0. The maximum atomic E-state index is 8.83. The molecule has 0 atom stereocenters. The summed E-state index contributed by atoms with van der Waals surface area (Å²) in [7, 11) is 0. The van der Waals surface area contributed by atoms with Gasteiger partial charge in [0, 0.05) is 18.6 Å². The fraction of sp³-hybridized carbons (Fsp3) is 0.357. The van der Waals surface area contributed by atoms with E-state index in [-0.39, 0.29) is 13.4 Å². The van der Waals surface area contributed by atoms with Crippen molar-refractivity contribution >= 4 is 0 Å². The number of imidazole rings is 1. The highest BCUT2D eigenvalue weighted by molar-refractivity contribution is 5.68. The maximum Gasteiger partial charge on any atom is 0.231 e. The summed E-state index contributed by atoms with van der Waals surface area (Å²) in [6, 6.07) is 3.95. The monoisotopic (exact) mass is 260 g/mol. The number of ether oxygens (including phenoxy) is 2. The Morgan fingerprint density at radius 2 is 2.11 bits per heavy atom. The number of aryl methyl sites for hydroxylation is 2. The molecule has 100 valence electrons. The van der Waals surface area contributed by atoms with E-state index in [1.54, 1.807) is 0 Å². The summed E-state index contributed by atoms with van der Waals surface area (Å²) in [5.74, 6) is 2.45. The second-order valence-electron chi connectivity index (χ2n) is 4.59. The molecule has 2 heterocycles. The van der Waals surface area contributed by atoms with Gasteiger partial charge in [0.25, 0.3) is 0 Å². The number of hydrogen-bond acceptors (Lipinski definition) is 4. The number of aliphatic hydroxyl groups excluding tert-OH is 1. The van der Waals surface area contributed by atoms with E-state index in [2.05, 4.69) is 9.97 Å². The predicted molar refractivity (Wildman–Crippen MR) is 70.3 cm³/mol. The minimum absolute atomic E-state index is 0.180. The minimum Gasteiger partial charge on any atom is -0.454 e. The second-order valence-corrected chi connectivity index (χ2v) is 4.59. The SMILES string of the molecule is Cc1cc2c(cc1-c1cnc(CCCO)[nH]1)OCO2. The number of aromatic nitrogens is 2. The number of H-pyrrole nitrogens is 1. The molecular weight excluding hydrogens is 244 g/mol. The van der Waals surface area contributed by atoms with Crippen LogP contribution in [0.4, 0.5) is 0 Å². The number of fused-ring (bicyclic) bond motifs is 1. The molecular formula is C14H16N2O3. The summed E-state index contributed by atoms with van der Waals surface area (Å²) < 4.78 is 10.8. The third-order valence-electron chi connectivity index (χ3n) is 3.21. The van der Waals surface area contributed by atoms with Crippen LogP contribution in [0.2, 0.25) is 0 Å². The molecule has 0 aliphatic carbocycles. The lowest BCUT2D eigenvalue weighted by Crippen LogP contribution is -1.92. The van der Waals surface area contributed by atoms with Crippen molar-refractivity contribution in [1.29, 1.82) is 0 Å². The van der Waals surface area contributed by atoms with Crippen LogP contribution in [0.15, 0.2) is 18.3 Å². The lowest BCUT2D eigenvalue weighted by molar-refractivity contribution is 0.174. The fourth-order valence-electron chi connectivity index (χ4n) is 2.21. The summed E-state index contributed by atoms with van der Waals surface area (Å²) in [5, 5.41) is 8.83. The molecule has 0 amide bonds. The average molecular weight is 260 g/mol. The van der Waals surface area contributed by atoms with Gasteiger partial charge in [-0.05, 0) is 31.0 Å². The van der Waals surface area contributed by atoms with Gasteiger partial charge in [0.05, 0.1) is 11.9 Å². The minimum atomic E-state index is 0.180. The van der Waals surface area contributed by atoms with Crippen LogP contribution in [0.25, 0.3) is 11.3 Å². The van der Waals surface area contributed by atoms with Crippen LogP contribution >= 0.6 is 0 Å². The van der Waals surface area contributed by atoms with Crippen molar-refractivity contribution < 1.29 is 14.6 Å². The molecule has 19 heavy (non-hydrogen) atoms. The average Bonchev–Trinajstić information content (AvgIpc) is 3.03. The number of aliphatic hydroxyl groups is 1. The molecule has 1 aliphatic rings. The molecule has 1 aromatic heterocycles. The maximum absolute atomic E-state index is 8.83. The molecule has 5 nitrogen and oxygen atoms in total. The number of aromatic amines is 1. The van der Waals surface area contributed by atoms with E-state index in [9.17, 15) is 0 Å². The van der Waals surface area contributed by atoms with Gasteiger partial charge in [-0.3, -0.25) is 0 Å². The van der Waals surface area contributed by atoms with Crippen LogP contribution in [-0.4, -0.2) is 28.5 Å². The molecule has 0 bridgehead atoms. The van der Waals surface area contributed by atoms with Gasteiger partial charge in [-0.15, -0.1) is 0 Å². The van der Waals surface area contributed by atoms with Crippen molar-refractivity contribution in [3.05, 3.63) is 29.7 Å². The number of nitrogens with one attached hydrogen (secondary N) is 1. The number of rotatable bonds is 4. The van der Waals surface area contributed by atoms with E-state index in [0.29, 0.717) is 6.42 Å². The highest BCUT2D eigenvalue weighted by atomic mass is 16.7. The summed E-state index contributed by atoms with van der Waals surface area (Å²) in [5.41, 5.74) is 3.14. The molecule has 1 aliphatic heterocycles. The zero-order valence-electron chi connectivity index (χ0n) is 10.8. The molecule has 2 N–H and O–H groups in total. The first-order valence-corrected chi connectivity index (χ1v) is 6.33. The van der Waals surface area contributed by atoms with E-state index >= 15 is 0 Å². The Hall–Kier alpha value is -2.01. The predicted octanol–water partition coefficient (Wildman–Crippen LogP) is 2.04. The molecule has 2 aromatic rings. The Balaban J connectivity index is 1.91. The van der Waals surface area contributed by atoms with E-state index in [1.807, 2.05) is 25.3 Å². The molecule has 0 saturated heterocycles. The van der Waals surface area contributed by atoms with E-state index < -0.39 is 0 Å². The molecule has 5 heteroatoms. The van der Waals surface area contributed by atoms with Crippen LogP contribution < -0.4 is 9.47 Å². The van der Waals surface area contributed by atoms with E-state index in [1.165, 1.54) is 0 Å². The fourth-order valence-corrected chi connectivity index (χ4v) is 2.21. The molecule has 1 aromatic carbocycles. The number of nitrogens with zero attached hydrogens (tertiary/aromatic N) is 1. The zero-order valence-corrected chi connectivity index (χ0v) is 10.8. The van der Waals surface area contributed by atoms with Gasteiger partial charge >= 0.3 is 0 Å². The number of hydrogen-bond donors (Lipinski definition) is 2. The molecule has 0 unspecified atom stereocenters. The first-order chi connectivity index (χ1) is 9.28. The van der Waals surface area contributed by atoms with Gasteiger partial charge in [0.2, 0.25) is 6.79 Å². The van der Waals surface area contributed by atoms with E-state index in [0.717, 1.165) is 40.6 Å². The van der Waals surface area contributed by atoms with Crippen LogP contribution in [0.1, 0.15) is 17.8 Å². The van der Waals surface area contributed by atoms with Crippen molar-refractivity contribution in [2.75, 3.05) is 13.4 Å². The van der Waals surface area contributed by atoms with Gasteiger partial charge in [0.15, 0.2) is 11.5 Å².